The number of carbonyl (C=O) groups excluding carboxylic acids is 1. The Hall–Kier alpha value is -1.98. The molecule has 1 spiro atoms. The van der Waals surface area contributed by atoms with Gasteiger partial charge in [-0.2, -0.15) is 0 Å². The summed E-state index contributed by atoms with van der Waals surface area (Å²) < 4.78 is 6.32. The maximum Gasteiger partial charge on any atom is 0.256 e. The van der Waals surface area contributed by atoms with Crippen LogP contribution >= 0.6 is 0 Å². The van der Waals surface area contributed by atoms with E-state index in [-0.39, 0.29) is 11.5 Å². The minimum atomic E-state index is -0.0129. The van der Waals surface area contributed by atoms with Gasteiger partial charge in [0, 0.05) is 30.7 Å². The maximum atomic E-state index is 13.1. The van der Waals surface area contributed by atoms with E-state index < -0.39 is 0 Å². The molecule has 0 unspecified atom stereocenters. The molecule has 3 saturated heterocycles. The van der Waals surface area contributed by atoms with Gasteiger partial charge in [0.25, 0.3) is 5.91 Å². The van der Waals surface area contributed by atoms with Crippen LogP contribution in [0.15, 0.2) is 36.5 Å². The standard InChI is InChI=1S/C22H27N3O2/c26-21(19-7-3-5-17-6-4-10-23-20(17)19)25-13-8-22(9-14-25)15-18(16-27-22)24-11-1-2-12-24/h3-7,10,18H,1-2,8-9,11-16H2/t18-/m0/s1. The molecule has 1 aromatic heterocycles. The van der Waals surface area contributed by atoms with Crippen molar-refractivity contribution in [2.24, 2.45) is 0 Å². The Morgan fingerprint density at radius 2 is 1.85 bits per heavy atom. The molecule has 2 aromatic rings. The van der Waals surface area contributed by atoms with E-state index in [9.17, 15) is 4.79 Å². The van der Waals surface area contributed by atoms with Crippen molar-refractivity contribution in [2.45, 2.75) is 43.7 Å². The number of rotatable bonds is 2. The number of para-hydroxylation sites is 1. The Labute approximate surface area is 160 Å². The predicted octanol–water partition coefficient (Wildman–Crippen LogP) is 3.09. The Balaban J connectivity index is 1.27. The van der Waals surface area contributed by atoms with Crippen molar-refractivity contribution in [2.75, 3.05) is 32.8 Å². The number of piperidine rings is 1. The molecule has 3 aliphatic heterocycles. The van der Waals surface area contributed by atoms with E-state index in [1.54, 1.807) is 6.20 Å². The van der Waals surface area contributed by atoms with Gasteiger partial charge in [0.1, 0.15) is 0 Å². The smallest absolute Gasteiger partial charge is 0.256 e. The van der Waals surface area contributed by atoms with Crippen molar-refractivity contribution in [3.8, 4) is 0 Å². The monoisotopic (exact) mass is 365 g/mol. The summed E-state index contributed by atoms with van der Waals surface area (Å²) in [6.07, 6.45) is 7.43. The first-order valence-corrected chi connectivity index (χ1v) is 10.3. The highest BCUT2D eigenvalue weighted by Gasteiger charge is 2.45. The lowest BCUT2D eigenvalue weighted by atomic mass is 9.87. The van der Waals surface area contributed by atoms with Crippen molar-refractivity contribution < 1.29 is 9.53 Å². The number of amides is 1. The van der Waals surface area contributed by atoms with Crippen LogP contribution in [0.3, 0.4) is 0 Å². The first-order chi connectivity index (χ1) is 13.2. The number of benzene rings is 1. The third-order valence-electron chi connectivity index (χ3n) is 6.67. The second-order valence-electron chi connectivity index (χ2n) is 8.27. The van der Waals surface area contributed by atoms with Crippen molar-refractivity contribution in [1.29, 1.82) is 0 Å². The number of pyridine rings is 1. The van der Waals surface area contributed by atoms with E-state index in [1.165, 1.54) is 25.9 Å². The maximum absolute atomic E-state index is 13.1. The number of likely N-dealkylation sites (tertiary alicyclic amines) is 2. The molecule has 3 aliphatic rings. The van der Waals surface area contributed by atoms with Gasteiger partial charge in [-0.15, -0.1) is 0 Å². The van der Waals surface area contributed by atoms with Crippen LogP contribution in [0.25, 0.3) is 10.9 Å². The van der Waals surface area contributed by atoms with Gasteiger partial charge in [0.2, 0.25) is 0 Å². The molecular weight excluding hydrogens is 338 g/mol. The zero-order valence-corrected chi connectivity index (χ0v) is 15.8. The molecule has 1 atom stereocenters. The molecular formula is C22H27N3O2. The number of fused-ring (bicyclic) bond motifs is 1. The highest BCUT2D eigenvalue weighted by molar-refractivity contribution is 6.05. The fourth-order valence-electron chi connectivity index (χ4n) is 5.07. The second-order valence-corrected chi connectivity index (χ2v) is 8.27. The van der Waals surface area contributed by atoms with Gasteiger partial charge in [0.05, 0.1) is 23.3 Å². The quantitative estimate of drug-likeness (QED) is 0.820. The molecule has 5 rings (SSSR count). The molecule has 0 aliphatic carbocycles. The van der Waals surface area contributed by atoms with Crippen molar-refractivity contribution >= 4 is 16.8 Å². The third-order valence-corrected chi connectivity index (χ3v) is 6.67. The number of hydrogen-bond acceptors (Lipinski definition) is 4. The molecule has 4 heterocycles. The third kappa shape index (κ3) is 3.13. The molecule has 0 bridgehead atoms. The Morgan fingerprint density at radius 3 is 2.67 bits per heavy atom. The van der Waals surface area contributed by atoms with Gasteiger partial charge < -0.3 is 9.64 Å². The molecule has 142 valence electrons. The van der Waals surface area contributed by atoms with Crippen LogP contribution < -0.4 is 0 Å². The van der Waals surface area contributed by atoms with Crippen LogP contribution in [0.2, 0.25) is 0 Å². The number of hydrogen-bond donors (Lipinski definition) is 0. The van der Waals surface area contributed by atoms with Gasteiger partial charge in [-0.3, -0.25) is 14.7 Å². The van der Waals surface area contributed by atoms with Crippen LogP contribution in [-0.4, -0.2) is 65.1 Å². The van der Waals surface area contributed by atoms with Crippen molar-refractivity contribution in [3.63, 3.8) is 0 Å². The van der Waals surface area contributed by atoms with Gasteiger partial charge in [-0.25, -0.2) is 0 Å². The van der Waals surface area contributed by atoms with E-state index in [0.29, 0.717) is 11.6 Å². The van der Waals surface area contributed by atoms with Crippen LogP contribution in [0.5, 0.6) is 0 Å². The summed E-state index contributed by atoms with van der Waals surface area (Å²) >= 11 is 0. The number of aromatic nitrogens is 1. The van der Waals surface area contributed by atoms with Crippen LogP contribution in [0.4, 0.5) is 0 Å². The topological polar surface area (TPSA) is 45.7 Å². The summed E-state index contributed by atoms with van der Waals surface area (Å²) in [7, 11) is 0. The van der Waals surface area contributed by atoms with Gasteiger partial charge >= 0.3 is 0 Å². The highest BCUT2D eigenvalue weighted by Crippen LogP contribution is 2.38. The van der Waals surface area contributed by atoms with E-state index in [2.05, 4.69) is 9.88 Å². The molecule has 1 amide bonds. The predicted molar refractivity (Wildman–Crippen MR) is 105 cm³/mol. The van der Waals surface area contributed by atoms with Crippen LogP contribution in [0, 0.1) is 0 Å². The first-order valence-electron chi connectivity index (χ1n) is 10.3. The summed E-state index contributed by atoms with van der Waals surface area (Å²) in [6, 6.07) is 10.4. The zero-order chi connectivity index (χ0) is 18.3. The molecule has 3 fully saturated rings. The lowest BCUT2D eigenvalue weighted by Crippen LogP contribution is -2.47. The summed E-state index contributed by atoms with van der Waals surface area (Å²) in [5.41, 5.74) is 1.50. The lowest BCUT2D eigenvalue weighted by molar-refractivity contribution is -0.0392. The normalized spacial score (nSPS) is 25.5. The average Bonchev–Trinajstić information content (AvgIpc) is 3.38. The van der Waals surface area contributed by atoms with Gasteiger partial charge in [0.15, 0.2) is 0 Å². The minimum Gasteiger partial charge on any atom is -0.373 e. The Kier molecular flexibility index (Phi) is 4.37. The lowest BCUT2D eigenvalue weighted by Gasteiger charge is -2.39. The number of carbonyl (C=O) groups is 1. The highest BCUT2D eigenvalue weighted by atomic mass is 16.5. The van der Waals surface area contributed by atoms with E-state index in [1.807, 2.05) is 35.2 Å². The summed E-state index contributed by atoms with van der Waals surface area (Å²) in [5, 5.41) is 1.02. The zero-order valence-electron chi connectivity index (χ0n) is 15.8. The number of ether oxygens (including phenoxy) is 1. The van der Waals surface area contributed by atoms with E-state index >= 15 is 0 Å². The molecule has 27 heavy (non-hydrogen) atoms. The minimum absolute atomic E-state index is 0.0129. The van der Waals surface area contributed by atoms with Crippen LogP contribution in [-0.2, 0) is 4.74 Å². The second kappa shape index (κ2) is 6.88. The fraction of sp³-hybridized carbons (Fsp3) is 0.545. The van der Waals surface area contributed by atoms with E-state index in [4.69, 9.17) is 4.74 Å². The van der Waals surface area contributed by atoms with Crippen molar-refractivity contribution in [1.82, 2.24) is 14.8 Å². The molecule has 1 aromatic carbocycles. The molecule has 0 radical (unpaired) electrons. The van der Waals surface area contributed by atoms with Crippen LogP contribution in [0.1, 0.15) is 42.5 Å². The SMILES string of the molecule is O=C(c1cccc2cccnc12)N1CCC2(CC1)C[C@H](N1CCCC1)CO2. The summed E-state index contributed by atoms with van der Waals surface area (Å²) in [6.45, 7) is 4.86. The molecule has 0 N–H and O–H groups in total. The largest absolute Gasteiger partial charge is 0.373 e. The molecule has 0 saturated carbocycles. The van der Waals surface area contributed by atoms with Crippen molar-refractivity contribution in [3.05, 3.63) is 42.1 Å². The number of nitrogens with zero attached hydrogens (tertiary/aromatic N) is 3. The fourth-order valence-corrected chi connectivity index (χ4v) is 5.07. The Morgan fingerprint density at radius 1 is 1.07 bits per heavy atom. The van der Waals surface area contributed by atoms with Gasteiger partial charge in [-0.05, 0) is 57.3 Å². The molecule has 5 heteroatoms. The summed E-state index contributed by atoms with van der Waals surface area (Å²) in [4.78, 5) is 22.2. The van der Waals surface area contributed by atoms with E-state index in [0.717, 1.165) is 49.9 Å². The Bertz CT molecular complexity index is 833. The van der Waals surface area contributed by atoms with Gasteiger partial charge in [-0.1, -0.05) is 18.2 Å². The average molecular weight is 365 g/mol. The first kappa shape index (κ1) is 17.1. The molecule has 5 nitrogen and oxygen atoms in total. The summed E-state index contributed by atoms with van der Waals surface area (Å²) in [5.74, 6) is 0.100.